The van der Waals surface area contributed by atoms with E-state index in [-0.39, 0.29) is 29.9 Å². The maximum atomic E-state index is 9.61. The fraction of sp³-hybridized carbons (Fsp3) is 0.200. The Labute approximate surface area is 221 Å². The summed E-state index contributed by atoms with van der Waals surface area (Å²) < 4.78 is 0. The molecule has 6 N–H and O–H groups in total. The van der Waals surface area contributed by atoms with Crippen molar-refractivity contribution in [2.24, 2.45) is 0 Å². The maximum absolute atomic E-state index is 9.61. The largest absolute Gasteiger partial charge is 2.00 e. The van der Waals surface area contributed by atoms with Crippen molar-refractivity contribution in [3.8, 4) is 0 Å². The van der Waals surface area contributed by atoms with Gasteiger partial charge in [-0.3, -0.25) is 30.0 Å². The van der Waals surface area contributed by atoms with E-state index in [0.29, 0.717) is 0 Å². The number of rotatable bonds is 6. The van der Waals surface area contributed by atoms with Gasteiger partial charge in [0.2, 0.25) is 0 Å². The molecule has 0 spiro atoms. The number of hydrogen-bond donors (Lipinski definition) is 6. The molecule has 0 aromatic carbocycles. The third-order valence-corrected chi connectivity index (χ3v) is 2.71. The van der Waals surface area contributed by atoms with Crippen LogP contribution < -0.4 is 10.2 Å². The van der Waals surface area contributed by atoms with Crippen molar-refractivity contribution in [2.75, 3.05) is 0 Å². The predicted octanol–water partition coefficient (Wildman–Crippen LogP) is -1.16. The molecule has 0 saturated carbocycles. The summed E-state index contributed by atoms with van der Waals surface area (Å²) in [6.45, 7) is 0. The van der Waals surface area contributed by atoms with Gasteiger partial charge in [-0.1, -0.05) is 0 Å². The first kappa shape index (κ1) is 36.8. The number of carbonyl (C=O) groups is 4. The number of aromatic nitrogens is 8. The average molecular weight is 570 g/mol. The molecule has 0 fully saturated rings. The molecule has 16 nitrogen and oxygen atoms in total. The Morgan fingerprint density at radius 2 is 0.784 bits per heavy atom. The van der Waals surface area contributed by atoms with Crippen LogP contribution >= 0.6 is 0 Å². The molecule has 1 radical (unpaired) electrons. The SMILES string of the molecule is O=C([O-])CCC(=O)O.O=C([O-])CCC(=O)O.[Cu+2].c1cn[nH]c1.c1cn[nH]c1.c1cn[nH]c1.c1cn[nH]c1. The van der Waals surface area contributed by atoms with Crippen LogP contribution in [-0.2, 0) is 36.2 Å². The number of carbonyl (C=O) groups excluding carboxylic acids is 2. The van der Waals surface area contributed by atoms with Gasteiger partial charge in [0.05, 0.1) is 12.8 Å². The molecular formula is C20H26CuN8O8. The smallest absolute Gasteiger partial charge is 0.550 e. The molecule has 0 amide bonds. The van der Waals surface area contributed by atoms with Gasteiger partial charge in [-0.25, -0.2) is 0 Å². The first-order chi connectivity index (χ1) is 17.3. The topological polar surface area (TPSA) is 270 Å². The second kappa shape index (κ2) is 29.3. The van der Waals surface area contributed by atoms with Gasteiger partial charge in [0.25, 0.3) is 0 Å². The van der Waals surface area contributed by atoms with Crippen molar-refractivity contribution in [1.29, 1.82) is 0 Å². The minimum Gasteiger partial charge on any atom is -0.550 e. The van der Waals surface area contributed by atoms with Crippen LogP contribution in [0.3, 0.4) is 0 Å². The first-order valence-electron chi connectivity index (χ1n) is 9.83. The number of carboxylic acids is 4. The van der Waals surface area contributed by atoms with Crippen molar-refractivity contribution >= 4 is 23.9 Å². The van der Waals surface area contributed by atoms with E-state index in [9.17, 15) is 29.4 Å². The van der Waals surface area contributed by atoms with E-state index in [2.05, 4.69) is 40.8 Å². The Morgan fingerprint density at radius 3 is 0.838 bits per heavy atom. The van der Waals surface area contributed by atoms with Crippen LogP contribution in [-0.4, -0.2) is 74.9 Å². The minimum absolute atomic E-state index is 0. The third-order valence-electron chi connectivity index (χ3n) is 2.71. The zero-order chi connectivity index (χ0) is 27.3. The summed E-state index contributed by atoms with van der Waals surface area (Å²) in [5.74, 6) is -4.89. The summed E-state index contributed by atoms with van der Waals surface area (Å²) in [4.78, 5) is 38.3. The zero-order valence-electron chi connectivity index (χ0n) is 19.2. The molecule has 0 aliphatic heterocycles. The first-order valence-corrected chi connectivity index (χ1v) is 9.83. The Hall–Kier alpha value is -4.76. The van der Waals surface area contributed by atoms with Gasteiger partial charge in [0.15, 0.2) is 0 Å². The normalized spacial score (nSPS) is 8.00. The van der Waals surface area contributed by atoms with Gasteiger partial charge in [0.1, 0.15) is 0 Å². The molecule has 0 aliphatic carbocycles. The predicted molar refractivity (Wildman–Crippen MR) is 118 cm³/mol. The van der Waals surface area contributed by atoms with Crippen LogP contribution in [0.2, 0.25) is 0 Å². The van der Waals surface area contributed by atoms with Gasteiger partial charge in [-0.15, -0.1) is 0 Å². The van der Waals surface area contributed by atoms with E-state index in [1.165, 1.54) is 0 Å². The summed E-state index contributed by atoms with van der Waals surface area (Å²) >= 11 is 0. The van der Waals surface area contributed by atoms with Crippen molar-refractivity contribution in [3.63, 3.8) is 0 Å². The van der Waals surface area contributed by atoms with Crippen LogP contribution in [0, 0.1) is 0 Å². The van der Waals surface area contributed by atoms with Gasteiger partial charge in [-0.05, 0) is 37.1 Å². The summed E-state index contributed by atoms with van der Waals surface area (Å²) in [5.41, 5.74) is 0. The second-order valence-electron chi connectivity index (χ2n) is 5.60. The average Bonchev–Trinajstić information content (AvgIpc) is 3.66. The molecule has 0 aliphatic rings. The number of carboxylic acid groups (broad SMARTS) is 4. The van der Waals surface area contributed by atoms with E-state index in [1.807, 2.05) is 24.3 Å². The number of nitrogens with one attached hydrogen (secondary N) is 4. The number of aliphatic carboxylic acids is 4. The Bertz CT molecular complexity index is 737. The molecule has 4 rings (SSSR count). The number of aromatic amines is 4. The van der Waals surface area contributed by atoms with E-state index < -0.39 is 36.7 Å². The molecule has 37 heavy (non-hydrogen) atoms. The Morgan fingerprint density at radius 1 is 0.541 bits per heavy atom. The molecular weight excluding hydrogens is 544 g/mol. The van der Waals surface area contributed by atoms with Crippen molar-refractivity contribution in [3.05, 3.63) is 73.8 Å². The standard InChI is InChI=1S/2C4H6O4.4C3H4N2.Cu/c2*5-3(6)1-2-4(7)8;4*1-2-4-5-3-1;/h2*1-2H2,(H,5,6)(H,7,8);4*1-3H,(H,4,5);/q;;;;;;+2/p-2. The quantitative estimate of drug-likeness (QED) is 0.150. The molecule has 205 valence electrons. The third kappa shape index (κ3) is 41.9. The van der Waals surface area contributed by atoms with E-state index in [1.54, 1.807) is 49.6 Å². The van der Waals surface area contributed by atoms with E-state index in [0.717, 1.165) is 0 Å². The molecule has 0 saturated heterocycles. The zero-order valence-corrected chi connectivity index (χ0v) is 20.1. The Kier molecular flexibility index (Phi) is 29.1. The molecule has 0 bridgehead atoms. The molecule has 0 atom stereocenters. The summed E-state index contributed by atoms with van der Waals surface area (Å²) in [7, 11) is 0. The molecule has 4 heterocycles. The fourth-order valence-corrected chi connectivity index (χ4v) is 1.28. The van der Waals surface area contributed by atoms with Crippen molar-refractivity contribution in [2.45, 2.75) is 25.7 Å². The van der Waals surface area contributed by atoms with Crippen LogP contribution in [0.5, 0.6) is 0 Å². The van der Waals surface area contributed by atoms with Crippen molar-refractivity contribution in [1.82, 2.24) is 40.8 Å². The molecule has 0 unspecified atom stereocenters. The summed E-state index contributed by atoms with van der Waals surface area (Å²) in [5, 5.41) is 59.6. The van der Waals surface area contributed by atoms with Gasteiger partial charge >= 0.3 is 29.0 Å². The molecule has 4 aromatic heterocycles. The van der Waals surface area contributed by atoms with Gasteiger partial charge in [0, 0.05) is 61.5 Å². The molecule has 17 heteroatoms. The minimum atomic E-state index is -1.33. The monoisotopic (exact) mass is 569 g/mol. The second-order valence-corrected chi connectivity index (χ2v) is 5.60. The van der Waals surface area contributed by atoms with Crippen LogP contribution in [0.4, 0.5) is 0 Å². The number of hydrogen-bond acceptors (Lipinski definition) is 10. The van der Waals surface area contributed by atoms with Crippen molar-refractivity contribution < 1.29 is 56.7 Å². The number of nitrogens with zero attached hydrogens (tertiary/aromatic N) is 4. The summed E-state index contributed by atoms with van der Waals surface area (Å²) in [6, 6.07) is 7.33. The van der Waals surface area contributed by atoms with Crippen LogP contribution in [0.1, 0.15) is 25.7 Å². The van der Waals surface area contributed by atoms with Crippen LogP contribution in [0.15, 0.2) is 73.8 Å². The number of H-pyrrole nitrogens is 4. The molecule has 4 aromatic rings. The fourth-order valence-electron chi connectivity index (χ4n) is 1.28. The van der Waals surface area contributed by atoms with E-state index in [4.69, 9.17) is 10.2 Å². The van der Waals surface area contributed by atoms with Gasteiger partial charge < -0.3 is 30.0 Å². The van der Waals surface area contributed by atoms with Crippen LogP contribution in [0.25, 0.3) is 0 Å². The summed E-state index contributed by atoms with van der Waals surface area (Å²) in [6.07, 6.45) is 12.3. The Balaban J connectivity index is -0.000000377. The van der Waals surface area contributed by atoms with E-state index >= 15 is 0 Å². The van der Waals surface area contributed by atoms with Gasteiger partial charge in [-0.2, -0.15) is 20.4 Å². The maximum Gasteiger partial charge on any atom is 2.00 e.